The van der Waals surface area contributed by atoms with Gasteiger partial charge in [0.2, 0.25) is 0 Å². The van der Waals surface area contributed by atoms with Crippen molar-refractivity contribution in [2.24, 2.45) is 11.8 Å². The van der Waals surface area contributed by atoms with Gasteiger partial charge < -0.3 is 10.4 Å². The van der Waals surface area contributed by atoms with Crippen molar-refractivity contribution in [3.05, 3.63) is 0 Å². The molecule has 3 heteroatoms. The van der Waals surface area contributed by atoms with Crippen LogP contribution >= 0.6 is 0 Å². The highest BCUT2D eigenvalue weighted by Crippen LogP contribution is 2.26. The van der Waals surface area contributed by atoms with Crippen LogP contribution in [0.3, 0.4) is 0 Å². The Kier molecular flexibility index (Phi) is 4.94. The summed E-state index contributed by atoms with van der Waals surface area (Å²) in [6, 6.07) is 0. The van der Waals surface area contributed by atoms with Crippen molar-refractivity contribution < 1.29 is 9.90 Å². The number of hydrogen-bond donors (Lipinski definition) is 2. The van der Waals surface area contributed by atoms with Gasteiger partial charge in [0.25, 0.3) is 0 Å². The predicted octanol–water partition coefficient (Wildman–Crippen LogP) is 1.88. The van der Waals surface area contributed by atoms with E-state index in [2.05, 4.69) is 5.32 Å². The zero-order valence-electron chi connectivity index (χ0n) is 8.96. The van der Waals surface area contributed by atoms with Gasteiger partial charge in [0.1, 0.15) is 0 Å². The maximum absolute atomic E-state index is 10.5. The molecule has 2 N–H and O–H groups in total. The van der Waals surface area contributed by atoms with E-state index in [9.17, 15) is 4.79 Å². The summed E-state index contributed by atoms with van der Waals surface area (Å²) in [4.78, 5) is 10.5. The summed E-state index contributed by atoms with van der Waals surface area (Å²) in [5.41, 5.74) is 0. The van der Waals surface area contributed by atoms with Gasteiger partial charge in [-0.1, -0.05) is 32.6 Å². The van der Waals surface area contributed by atoms with E-state index in [1.165, 1.54) is 32.1 Å². The van der Waals surface area contributed by atoms with Crippen molar-refractivity contribution in [3.8, 4) is 0 Å². The molecule has 0 heterocycles. The molecule has 1 fully saturated rings. The van der Waals surface area contributed by atoms with E-state index < -0.39 is 5.97 Å². The average Bonchev–Trinajstić information content (AvgIpc) is 2.64. The maximum atomic E-state index is 10.5. The van der Waals surface area contributed by atoms with Gasteiger partial charge in [0.15, 0.2) is 0 Å². The van der Waals surface area contributed by atoms with Crippen LogP contribution in [0.15, 0.2) is 0 Å². The van der Waals surface area contributed by atoms with E-state index in [4.69, 9.17) is 5.11 Å². The van der Waals surface area contributed by atoms with Gasteiger partial charge in [0.05, 0.1) is 5.92 Å². The lowest BCUT2D eigenvalue weighted by Gasteiger charge is -2.11. The highest BCUT2D eigenvalue weighted by Gasteiger charge is 2.14. The van der Waals surface area contributed by atoms with Crippen LogP contribution in [0, 0.1) is 11.8 Å². The minimum absolute atomic E-state index is 0.265. The lowest BCUT2D eigenvalue weighted by Crippen LogP contribution is -2.27. The summed E-state index contributed by atoms with van der Waals surface area (Å²) in [5.74, 6) is -0.0837. The molecule has 1 aliphatic carbocycles. The molecule has 1 saturated carbocycles. The molecule has 0 bridgehead atoms. The zero-order chi connectivity index (χ0) is 10.4. The van der Waals surface area contributed by atoms with Gasteiger partial charge in [-0.3, -0.25) is 4.79 Å². The van der Waals surface area contributed by atoms with Gasteiger partial charge in [-0.05, 0) is 18.9 Å². The number of nitrogens with one attached hydrogen (secondary N) is 1. The summed E-state index contributed by atoms with van der Waals surface area (Å²) >= 11 is 0. The fraction of sp³-hybridized carbons (Fsp3) is 0.909. The summed E-state index contributed by atoms with van der Waals surface area (Å²) in [6.07, 6.45) is 6.73. The quantitative estimate of drug-likeness (QED) is 0.642. The van der Waals surface area contributed by atoms with Crippen molar-refractivity contribution in [1.29, 1.82) is 0 Å². The summed E-state index contributed by atoms with van der Waals surface area (Å²) in [6.45, 7) is 3.31. The second-order valence-electron chi connectivity index (χ2n) is 4.38. The van der Waals surface area contributed by atoms with Gasteiger partial charge in [-0.2, -0.15) is 0 Å². The van der Waals surface area contributed by atoms with Gasteiger partial charge in [-0.25, -0.2) is 0 Å². The van der Waals surface area contributed by atoms with E-state index in [0.29, 0.717) is 6.54 Å². The van der Waals surface area contributed by atoms with E-state index in [0.717, 1.165) is 12.5 Å². The fourth-order valence-corrected chi connectivity index (χ4v) is 2.01. The Bertz CT molecular complexity index is 176. The molecule has 0 aromatic carbocycles. The summed E-state index contributed by atoms with van der Waals surface area (Å²) in [7, 11) is 0. The van der Waals surface area contributed by atoms with E-state index in [1.807, 2.05) is 0 Å². The third-order valence-corrected chi connectivity index (χ3v) is 3.08. The van der Waals surface area contributed by atoms with Crippen LogP contribution < -0.4 is 5.32 Å². The minimum atomic E-state index is -0.710. The highest BCUT2D eigenvalue weighted by molar-refractivity contribution is 5.69. The number of carboxylic acids is 1. The molecule has 0 spiro atoms. The van der Waals surface area contributed by atoms with Crippen LogP contribution in [0.4, 0.5) is 0 Å². The molecule has 14 heavy (non-hydrogen) atoms. The Balaban J connectivity index is 1.95. The van der Waals surface area contributed by atoms with Crippen LogP contribution in [0.5, 0.6) is 0 Å². The fourth-order valence-electron chi connectivity index (χ4n) is 2.01. The van der Waals surface area contributed by atoms with Crippen LogP contribution in [0.25, 0.3) is 0 Å². The maximum Gasteiger partial charge on any atom is 0.307 e. The largest absolute Gasteiger partial charge is 0.481 e. The average molecular weight is 199 g/mol. The Hall–Kier alpha value is -0.570. The number of aliphatic carboxylic acids is 1. The molecule has 1 unspecified atom stereocenters. The smallest absolute Gasteiger partial charge is 0.307 e. The Morgan fingerprint density at radius 2 is 2.14 bits per heavy atom. The molecular formula is C11H21NO2. The van der Waals surface area contributed by atoms with Gasteiger partial charge in [-0.15, -0.1) is 0 Å². The molecule has 0 aliphatic heterocycles. The second kappa shape index (κ2) is 6.02. The number of hydrogen-bond acceptors (Lipinski definition) is 2. The topological polar surface area (TPSA) is 49.3 Å². The van der Waals surface area contributed by atoms with Crippen molar-refractivity contribution in [2.75, 3.05) is 13.1 Å². The first kappa shape index (κ1) is 11.5. The molecule has 1 rings (SSSR count). The van der Waals surface area contributed by atoms with Crippen molar-refractivity contribution in [2.45, 2.75) is 39.0 Å². The van der Waals surface area contributed by atoms with E-state index in [1.54, 1.807) is 6.92 Å². The third-order valence-electron chi connectivity index (χ3n) is 3.08. The third kappa shape index (κ3) is 4.09. The summed E-state index contributed by atoms with van der Waals surface area (Å²) in [5, 5.41) is 11.9. The molecule has 0 amide bonds. The Labute approximate surface area is 85.9 Å². The number of carbonyl (C=O) groups is 1. The monoisotopic (exact) mass is 199 g/mol. The molecule has 0 saturated heterocycles. The standard InChI is InChI=1S/C11H21NO2/c1-9(11(13)14)8-12-7-6-10-4-2-3-5-10/h9-10,12H,2-8H2,1H3,(H,13,14). The Morgan fingerprint density at radius 1 is 1.50 bits per heavy atom. The molecule has 1 aliphatic rings. The lowest BCUT2D eigenvalue weighted by molar-refractivity contribution is -0.140. The van der Waals surface area contributed by atoms with Crippen LogP contribution in [0.1, 0.15) is 39.0 Å². The van der Waals surface area contributed by atoms with Crippen LogP contribution in [-0.2, 0) is 4.79 Å². The van der Waals surface area contributed by atoms with E-state index >= 15 is 0 Å². The first-order valence-corrected chi connectivity index (χ1v) is 5.63. The molecule has 1 atom stereocenters. The normalized spacial score (nSPS) is 19.8. The van der Waals surface area contributed by atoms with Crippen molar-refractivity contribution >= 4 is 5.97 Å². The Morgan fingerprint density at radius 3 is 2.71 bits per heavy atom. The zero-order valence-corrected chi connectivity index (χ0v) is 8.96. The van der Waals surface area contributed by atoms with Gasteiger partial charge >= 0.3 is 5.97 Å². The van der Waals surface area contributed by atoms with Crippen LogP contribution in [-0.4, -0.2) is 24.2 Å². The van der Waals surface area contributed by atoms with Crippen molar-refractivity contribution in [3.63, 3.8) is 0 Å². The molecule has 82 valence electrons. The minimum Gasteiger partial charge on any atom is -0.481 e. The molecule has 3 nitrogen and oxygen atoms in total. The predicted molar refractivity (Wildman–Crippen MR) is 56.2 cm³/mol. The second-order valence-corrected chi connectivity index (χ2v) is 4.38. The molecular weight excluding hydrogens is 178 g/mol. The SMILES string of the molecule is CC(CNCCC1CCCC1)C(=O)O. The number of carboxylic acid groups (broad SMARTS) is 1. The van der Waals surface area contributed by atoms with Gasteiger partial charge in [0, 0.05) is 6.54 Å². The molecule has 0 aromatic rings. The highest BCUT2D eigenvalue weighted by atomic mass is 16.4. The van der Waals surface area contributed by atoms with Crippen molar-refractivity contribution in [1.82, 2.24) is 5.32 Å². The first-order valence-electron chi connectivity index (χ1n) is 5.63. The molecule has 0 radical (unpaired) electrons. The number of rotatable bonds is 6. The summed E-state index contributed by atoms with van der Waals surface area (Å²) < 4.78 is 0. The molecule has 0 aromatic heterocycles. The van der Waals surface area contributed by atoms with E-state index in [-0.39, 0.29) is 5.92 Å². The first-order chi connectivity index (χ1) is 6.70. The van der Waals surface area contributed by atoms with Crippen LogP contribution in [0.2, 0.25) is 0 Å². The lowest BCUT2D eigenvalue weighted by atomic mass is 10.0.